The first-order valence-corrected chi connectivity index (χ1v) is 8.96. The average Bonchev–Trinajstić information content (AvgIpc) is 3.19. The van der Waals surface area contributed by atoms with Gasteiger partial charge in [-0.15, -0.1) is 22.7 Å². The smallest absolute Gasteiger partial charge is 0.223 e. The first-order chi connectivity index (χ1) is 9.84. The summed E-state index contributed by atoms with van der Waals surface area (Å²) in [6.07, 6.45) is 4.93. The molecule has 1 aliphatic rings. The fourth-order valence-electron chi connectivity index (χ4n) is 2.85. The van der Waals surface area contributed by atoms with Gasteiger partial charge in [-0.05, 0) is 48.6 Å². The number of aryl methyl sites for hydroxylation is 1. The van der Waals surface area contributed by atoms with Crippen molar-refractivity contribution in [3.8, 4) is 0 Å². The summed E-state index contributed by atoms with van der Waals surface area (Å²) >= 11 is 3.55. The van der Waals surface area contributed by atoms with Crippen molar-refractivity contribution in [2.75, 3.05) is 6.54 Å². The first kappa shape index (κ1) is 13.8. The van der Waals surface area contributed by atoms with Crippen LogP contribution in [0.4, 0.5) is 0 Å². The van der Waals surface area contributed by atoms with Crippen molar-refractivity contribution in [1.29, 1.82) is 0 Å². The molecule has 2 nitrogen and oxygen atoms in total. The van der Waals surface area contributed by atoms with E-state index in [1.54, 1.807) is 22.7 Å². The Kier molecular flexibility index (Phi) is 4.53. The molecule has 1 atom stereocenters. The Balaban J connectivity index is 1.53. The molecule has 0 saturated carbocycles. The highest BCUT2D eigenvalue weighted by molar-refractivity contribution is 7.10. The quantitative estimate of drug-likeness (QED) is 0.796. The minimum atomic E-state index is 0.331. The van der Waals surface area contributed by atoms with Crippen LogP contribution in [0.25, 0.3) is 0 Å². The van der Waals surface area contributed by atoms with Gasteiger partial charge in [0.05, 0.1) is 6.04 Å². The number of hydrogen-bond acceptors (Lipinski definition) is 3. The Morgan fingerprint density at radius 3 is 2.85 bits per heavy atom. The molecular formula is C16H19NOS2. The van der Waals surface area contributed by atoms with Crippen molar-refractivity contribution in [1.82, 2.24) is 4.90 Å². The van der Waals surface area contributed by atoms with Crippen LogP contribution in [-0.2, 0) is 11.2 Å². The summed E-state index contributed by atoms with van der Waals surface area (Å²) in [5.74, 6) is 0.331. The van der Waals surface area contributed by atoms with Gasteiger partial charge in [0.15, 0.2) is 0 Å². The molecule has 0 unspecified atom stereocenters. The molecule has 0 spiro atoms. The zero-order valence-corrected chi connectivity index (χ0v) is 13.1. The molecule has 0 radical (unpaired) electrons. The number of carbonyl (C=O) groups excluding carboxylic acids is 1. The SMILES string of the molecule is O=C(CCCc1cccs1)N1CCC[C@H]1c1cccs1. The second-order valence-corrected chi connectivity index (χ2v) is 7.21. The maximum absolute atomic E-state index is 12.4. The highest BCUT2D eigenvalue weighted by Crippen LogP contribution is 2.34. The zero-order chi connectivity index (χ0) is 13.8. The van der Waals surface area contributed by atoms with E-state index in [1.165, 1.54) is 9.75 Å². The van der Waals surface area contributed by atoms with Crippen LogP contribution in [0.3, 0.4) is 0 Å². The minimum Gasteiger partial charge on any atom is -0.335 e. The Bertz CT molecular complexity index is 533. The molecule has 4 heteroatoms. The standard InChI is InChI=1S/C16H19NOS2/c18-16(9-1-5-13-6-3-11-19-13)17-10-2-7-14(17)15-8-4-12-20-15/h3-4,6,8,11-12,14H,1-2,5,7,9-10H2/t14-/m0/s1. The third-order valence-corrected chi connectivity index (χ3v) is 5.75. The molecule has 20 heavy (non-hydrogen) atoms. The van der Waals surface area contributed by atoms with E-state index in [1.807, 2.05) is 0 Å². The van der Waals surface area contributed by atoms with Crippen molar-refractivity contribution in [3.05, 3.63) is 44.8 Å². The Morgan fingerprint density at radius 1 is 1.25 bits per heavy atom. The van der Waals surface area contributed by atoms with Crippen molar-refractivity contribution in [2.24, 2.45) is 0 Å². The van der Waals surface area contributed by atoms with E-state index in [0.717, 1.165) is 32.2 Å². The first-order valence-electron chi connectivity index (χ1n) is 7.20. The molecule has 1 amide bonds. The van der Waals surface area contributed by atoms with E-state index >= 15 is 0 Å². The molecule has 0 aromatic carbocycles. The van der Waals surface area contributed by atoms with Gasteiger partial charge < -0.3 is 4.90 Å². The van der Waals surface area contributed by atoms with Crippen molar-refractivity contribution < 1.29 is 4.79 Å². The molecule has 1 aliphatic heterocycles. The van der Waals surface area contributed by atoms with Crippen LogP contribution in [0, 0.1) is 0 Å². The number of likely N-dealkylation sites (tertiary alicyclic amines) is 1. The third-order valence-electron chi connectivity index (χ3n) is 3.84. The van der Waals surface area contributed by atoms with Gasteiger partial charge in [-0.25, -0.2) is 0 Å². The van der Waals surface area contributed by atoms with Gasteiger partial charge in [0, 0.05) is 22.7 Å². The molecular weight excluding hydrogens is 286 g/mol. The number of nitrogens with zero attached hydrogens (tertiary/aromatic N) is 1. The van der Waals surface area contributed by atoms with Gasteiger partial charge in [-0.2, -0.15) is 0 Å². The summed E-state index contributed by atoms with van der Waals surface area (Å²) in [5, 5.41) is 4.21. The molecule has 106 valence electrons. The van der Waals surface area contributed by atoms with Crippen LogP contribution in [0.5, 0.6) is 0 Å². The largest absolute Gasteiger partial charge is 0.335 e. The van der Waals surface area contributed by atoms with E-state index < -0.39 is 0 Å². The summed E-state index contributed by atoms with van der Waals surface area (Å²) in [5.41, 5.74) is 0. The van der Waals surface area contributed by atoms with Gasteiger partial charge in [0.1, 0.15) is 0 Å². The molecule has 2 aromatic rings. The second-order valence-electron chi connectivity index (χ2n) is 5.19. The molecule has 0 N–H and O–H groups in total. The molecule has 3 heterocycles. The highest BCUT2D eigenvalue weighted by Gasteiger charge is 2.29. The third kappa shape index (κ3) is 3.13. The van der Waals surface area contributed by atoms with E-state index in [0.29, 0.717) is 18.4 Å². The lowest BCUT2D eigenvalue weighted by atomic mass is 10.1. The molecule has 0 bridgehead atoms. The average molecular weight is 305 g/mol. The maximum Gasteiger partial charge on any atom is 0.223 e. The Labute approximate surface area is 128 Å². The van der Waals surface area contributed by atoms with Gasteiger partial charge in [-0.3, -0.25) is 4.79 Å². The minimum absolute atomic E-state index is 0.331. The van der Waals surface area contributed by atoms with Crippen molar-refractivity contribution in [3.63, 3.8) is 0 Å². The lowest BCUT2D eigenvalue weighted by Gasteiger charge is -2.24. The highest BCUT2D eigenvalue weighted by atomic mass is 32.1. The van der Waals surface area contributed by atoms with E-state index in [9.17, 15) is 4.79 Å². The second kappa shape index (κ2) is 6.55. The predicted octanol–water partition coefficient (Wildman–Crippen LogP) is 4.50. The molecule has 1 fully saturated rings. The van der Waals surface area contributed by atoms with Gasteiger partial charge in [-0.1, -0.05) is 12.1 Å². The fraction of sp³-hybridized carbons (Fsp3) is 0.438. The summed E-state index contributed by atoms with van der Waals surface area (Å²) in [6.45, 7) is 0.931. The predicted molar refractivity (Wildman–Crippen MR) is 85.3 cm³/mol. The summed E-state index contributed by atoms with van der Waals surface area (Å²) in [4.78, 5) is 17.2. The van der Waals surface area contributed by atoms with E-state index in [4.69, 9.17) is 0 Å². The molecule has 1 saturated heterocycles. The zero-order valence-electron chi connectivity index (χ0n) is 11.5. The molecule has 3 rings (SSSR count). The Morgan fingerprint density at radius 2 is 2.10 bits per heavy atom. The van der Waals surface area contributed by atoms with Crippen molar-refractivity contribution in [2.45, 2.75) is 38.1 Å². The number of carbonyl (C=O) groups is 1. The lowest BCUT2D eigenvalue weighted by Crippen LogP contribution is -2.29. The van der Waals surface area contributed by atoms with Gasteiger partial charge >= 0.3 is 0 Å². The summed E-state index contributed by atoms with van der Waals surface area (Å²) in [7, 11) is 0. The number of thiophene rings is 2. The summed E-state index contributed by atoms with van der Waals surface area (Å²) < 4.78 is 0. The Hall–Kier alpha value is -1.13. The number of rotatable bonds is 5. The number of amides is 1. The fourth-order valence-corrected chi connectivity index (χ4v) is 4.48. The summed E-state index contributed by atoms with van der Waals surface area (Å²) in [6, 6.07) is 8.81. The van der Waals surface area contributed by atoms with Crippen LogP contribution >= 0.6 is 22.7 Å². The van der Waals surface area contributed by atoms with Crippen LogP contribution < -0.4 is 0 Å². The van der Waals surface area contributed by atoms with E-state index in [2.05, 4.69) is 39.9 Å². The maximum atomic E-state index is 12.4. The van der Waals surface area contributed by atoms with Crippen LogP contribution in [0.1, 0.15) is 41.5 Å². The topological polar surface area (TPSA) is 20.3 Å². The van der Waals surface area contributed by atoms with Crippen LogP contribution in [0.15, 0.2) is 35.0 Å². The van der Waals surface area contributed by atoms with Crippen LogP contribution in [-0.4, -0.2) is 17.4 Å². The van der Waals surface area contributed by atoms with E-state index in [-0.39, 0.29) is 0 Å². The normalized spacial score (nSPS) is 18.6. The monoisotopic (exact) mass is 305 g/mol. The number of hydrogen-bond donors (Lipinski definition) is 0. The van der Waals surface area contributed by atoms with Crippen molar-refractivity contribution >= 4 is 28.6 Å². The van der Waals surface area contributed by atoms with Gasteiger partial charge in [0.25, 0.3) is 0 Å². The van der Waals surface area contributed by atoms with Crippen LogP contribution in [0.2, 0.25) is 0 Å². The molecule has 2 aromatic heterocycles. The van der Waals surface area contributed by atoms with Gasteiger partial charge in [0.2, 0.25) is 5.91 Å². The lowest BCUT2D eigenvalue weighted by molar-refractivity contribution is -0.132. The molecule has 0 aliphatic carbocycles.